The number of ether oxygens (including phenoxy) is 1. The van der Waals surface area contributed by atoms with E-state index in [0.717, 1.165) is 40.2 Å². The van der Waals surface area contributed by atoms with Crippen LogP contribution in [0.15, 0.2) is 72.2 Å². The van der Waals surface area contributed by atoms with E-state index in [2.05, 4.69) is 6.07 Å². The number of nitrogens with one attached hydrogen (secondary N) is 1. The number of hydrogen-bond acceptors (Lipinski definition) is 5. The highest BCUT2D eigenvalue weighted by atomic mass is 19.4. The van der Waals surface area contributed by atoms with Gasteiger partial charge in [0.2, 0.25) is 5.96 Å². The monoisotopic (exact) mass is 591 g/mol. The molecule has 2 heterocycles. The van der Waals surface area contributed by atoms with Crippen LogP contribution in [0.3, 0.4) is 0 Å². The number of aryl methyl sites for hydroxylation is 4. The molecule has 43 heavy (non-hydrogen) atoms. The summed E-state index contributed by atoms with van der Waals surface area (Å²) in [6, 6.07) is 10.7. The maximum atomic E-state index is 13.6. The first kappa shape index (κ1) is 30.8. The van der Waals surface area contributed by atoms with Gasteiger partial charge in [0.05, 0.1) is 29.9 Å². The number of allylic oxidation sites excluding steroid dienone is 1. The van der Waals surface area contributed by atoms with E-state index in [4.69, 9.17) is 15.9 Å². The van der Waals surface area contributed by atoms with Crippen molar-refractivity contribution in [2.24, 2.45) is 5.73 Å². The first-order valence-corrected chi connectivity index (χ1v) is 13.2. The quantitative estimate of drug-likeness (QED) is 0.307. The van der Waals surface area contributed by atoms with Crippen LogP contribution in [0.2, 0.25) is 0 Å². The fourth-order valence-electron chi connectivity index (χ4n) is 5.40. The summed E-state index contributed by atoms with van der Waals surface area (Å²) in [6.07, 6.45) is -0.374. The lowest BCUT2D eigenvalue weighted by Gasteiger charge is -2.43. The molecule has 3 N–H and O–H groups in total. The Morgan fingerprint density at radius 2 is 1.77 bits per heavy atom. The highest BCUT2D eigenvalue weighted by Gasteiger charge is 2.44. The van der Waals surface area contributed by atoms with Gasteiger partial charge in [0.15, 0.2) is 18.9 Å². The van der Waals surface area contributed by atoms with Gasteiger partial charge in [-0.3, -0.25) is 15.2 Å². The average Bonchev–Trinajstić information content (AvgIpc) is 2.94. The minimum Gasteiger partial charge on any atom is -0.466 e. The van der Waals surface area contributed by atoms with Crippen LogP contribution in [-0.2, 0) is 28.7 Å². The summed E-state index contributed by atoms with van der Waals surface area (Å²) in [7, 11) is 1.14. The third-order valence-corrected chi connectivity index (χ3v) is 7.17. The summed E-state index contributed by atoms with van der Waals surface area (Å²) in [5.74, 6) is -1.42. The number of rotatable bonds is 6. The van der Waals surface area contributed by atoms with Crippen molar-refractivity contribution in [2.75, 3.05) is 12.0 Å². The van der Waals surface area contributed by atoms with Crippen molar-refractivity contribution >= 4 is 23.6 Å². The molecule has 0 unspecified atom stereocenters. The molecule has 2 amide bonds. The number of methoxy groups -OCH3 is 1. The number of hydrogen-bond donors (Lipinski definition) is 2. The molecular formula is C31H30F3N6O3+. The molecule has 12 heteroatoms. The van der Waals surface area contributed by atoms with Crippen molar-refractivity contribution in [3.8, 4) is 6.07 Å². The van der Waals surface area contributed by atoms with Crippen molar-refractivity contribution in [1.29, 1.82) is 10.7 Å². The molecule has 0 saturated carbocycles. The maximum absolute atomic E-state index is 13.6. The summed E-state index contributed by atoms with van der Waals surface area (Å²) in [5, 5.41) is 18.6. The van der Waals surface area contributed by atoms with E-state index in [9.17, 15) is 28.0 Å². The van der Waals surface area contributed by atoms with Gasteiger partial charge in [-0.1, -0.05) is 12.1 Å². The second-order valence-electron chi connectivity index (χ2n) is 10.2. The predicted molar refractivity (Wildman–Crippen MR) is 152 cm³/mol. The van der Waals surface area contributed by atoms with E-state index in [0.29, 0.717) is 29.7 Å². The number of benzene rings is 2. The smallest absolute Gasteiger partial charge is 0.416 e. The van der Waals surface area contributed by atoms with Crippen LogP contribution in [-0.4, -0.2) is 30.0 Å². The number of nitrogens with zero attached hydrogens (tertiary/aromatic N) is 4. The third-order valence-electron chi connectivity index (χ3n) is 7.17. The zero-order chi connectivity index (χ0) is 31.6. The molecule has 9 nitrogen and oxygen atoms in total. The van der Waals surface area contributed by atoms with Gasteiger partial charge in [-0.2, -0.15) is 18.4 Å². The van der Waals surface area contributed by atoms with Crippen molar-refractivity contribution < 1.29 is 32.1 Å². The summed E-state index contributed by atoms with van der Waals surface area (Å²) >= 11 is 0. The van der Waals surface area contributed by atoms with Crippen LogP contribution in [0.5, 0.6) is 0 Å². The van der Waals surface area contributed by atoms with Gasteiger partial charge < -0.3 is 10.5 Å². The Morgan fingerprint density at radius 1 is 1.09 bits per heavy atom. The van der Waals surface area contributed by atoms with Crippen molar-refractivity contribution in [2.45, 2.75) is 46.0 Å². The zero-order valence-electron chi connectivity index (χ0n) is 24.0. The van der Waals surface area contributed by atoms with Gasteiger partial charge in [0.1, 0.15) is 6.04 Å². The van der Waals surface area contributed by atoms with Crippen LogP contribution in [0.4, 0.5) is 23.7 Å². The number of carbonyl (C=O) groups excluding carboxylic acids is 2. The minimum atomic E-state index is -4.67. The Labute approximate surface area is 246 Å². The first-order chi connectivity index (χ1) is 20.3. The van der Waals surface area contributed by atoms with Crippen molar-refractivity contribution in [1.82, 2.24) is 4.90 Å². The van der Waals surface area contributed by atoms with Crippen molar-refractivity contribution in [3.63, 3.8) is 0 Å². The van der Waals surface area contributed by atoms with Crippen LogP contribution in [0.25, 0.3) is 0 Å². The van der Waals surface area contributed by atoms with E-state index < -0.39 is 35.7 Å². The molecule has 2 aromatic carbocycles. The fraction of sp³-hybridized carbons (Fsp3) is 0.258. The maximum Gasteiger partial charge on any atom is 0.416 e. The second kappa shape index (κ2) is 12.0. The molecule has 0 saturated heterocycles. The number of nitrogens with two attached hydrogens (primary N) is 1. The summed E-state index contributed by atoms with van der Waals surface area (Å²) < 4.78 is 47.7. The van der Waals surface area contributed by atoms with Gasteiger partial charge in [-0.25, -0.2) is 14.2 Å². The molecule has 0 aliphatic carbocycles. The zero-order valence-corrected chi connectivity index (χ0v) is 24.0. The number of halogens is 3. The number of anilines is 1. The average molecular weight is 592 g/mol. The summed E-state index contributed by atoms with van der Waals surface area (Å²) in [4.78, 5) is 28.2. The Balaban J connectivity index is 1.92. The number of nitriles is 1. The number of esters is 1. The molecule has 1 atom stereocenters. The number of amides is 2. The SMILES string of the molecule is COC(=O)C1=C(C)N(c2cccc(C(F)(F)F)c2)C(=N)N(C(N)=O)[C@@H]1c1ccc(C#N)cc1CC[n+]1cc(C)cc(C)c1. The fourth-order valence-corrected chi connectivity index (χ4v) is 5.40. The van der Waals surface area contributed by atoms with E-state index >= 15 is 0 Å². The minimum absolute atomic E-state index is 0.0812. The standard InChI is InChI=1S/C31H29F3N6O3/c1-18-12-19(2)17-38(16-18)11-10-22-13-21(15-35)8-9-25(22)27-26(28(41)43-4)20(3)39(29(36)40(27)30(37)42)24-7-5-6-23(14-24)31(32,33)34/h5-9,12-14,16-17,27,36H,10-11H2,1-4H3,(H-,37,42)/p+1/t27-/m1/s1. The number of primary amides is 1. The van der Waals surface area contributed by atoms with Crippen LogP contribution in [0.1, 0.15) is 46.3 Å². The molecule has 222 valence electrons. The summed E-state index contributed by atoms with van der Waals surface area (Å²) in [5.41, 5.74) is 8.15. The van der Waals surface area contributed by atoms with E-state index in [1.807, 2.05) is 36.9 Å². The normalized spacial score (nSPS) is 15.4. The van der Waals surface area contributed by atoms with Gasteiger partial charge in [-0.05, 0) is 68.3 Å². The number of aromatic nitrogens is 1. The number of guanidine groups is 1. The number of alkyl halides is 3. The molecule has 3 aromatic rings. The summed E-state index contributed by atoms with van der Waals surface area (Å²) in [6.45, 7) is 5.88. The Kier molecular flexibility index (Phi) is 8.57. The molecular weight excluding hydrogens is 561 g/mol. The van der Waals surface area contributed by atoms with Gasteiger partial charge in [-0.15, -0.1) is 0 Å². The third kappa shape index (κ3) is 6.21. The Morgan fingerprint density at radius 3 is 2.35 bits per heavy atom. The number of urea groups is 1. The Bertz CT molecular complexity index is 1670. The predicted octanol–water partition coefficient (Wildman–Crippen LogP) is 5.05. The van der Waals surface area contributed by atoms with E-state index in [1.54, 1.807) is 12.1 Å². The van der Waals surface area contributed by atoms with E-state index in [1.165, 1.54) is 25.1 Å². The number of pyridine rings is 1. The molecule has 0 fully saturated rings. The van der Waals surface area contributed by atoms with E-state index in [-0.39, 0.29) is 17.0 Å². The molecule has 0 bridgehead atoms. The lowest BCUT2D eigenvalue weighted by molar-refractivity contribution is -0.697. The first-order valence-electron chi connectivity index (χ1n) is 13.2. The molecule has 4 rings (SSSR count). The van der Waals surface area contributed by atoms with Gasteiger partial charge in [0, 0.05) is 28.9 Å². The van der Waals surface area contributed by atoms with Crippen LogP contribution < -0.4 is 15.2 Å². The largest absolute Gasteiger partial charge is 0.466 e. The van der Waals surface area contributed by atoms with Gasteiger partial charge in [0.25, 0.3) is 0 Å². The number of carbonyl (C=O) groups is 2. The highest BCUT2D eigenvalue weighted by molar-refractivity contribution is 6.10. The second-order valence-corrected chi connectivity index (χ2v) is 10.2. The van der Waals surface area contributed by atoms with Crippen LogP contribution in [0, 0.1) is 30.6 Å². The molecule has 0 spiro atoms. The lowest BCUT2D eigenvalue weighted by atomic mass is 9.88. The van der Waals surface area contributed by atoms with Crippen LogP contribution >= 0.6 is 0 Å². The molecule has 0 radical (unpaired) electrons. The molecule has 1 aliphatic heterocycles. The van der Waals surface area contributed by atoms with Crippen molar-refractivity contribution in [3.05, 3.63) is 106 Å². The Hall–Kier alpha value is -5.18. The highest BCUT2D eigenvalue weighted by Crippen LogP contribution is 2.42. The van der Waals surface area contributed by atoms with Gasteiger partial charge >= 0.3 is 18.2 Å². The molecule has 1 aliphatic rings. The molecule has 1 aromatic heterocycles. The lowest BCUT2D eigenvalue weighted by Crippen LogP contribution is -2.55. The topological polar surface area (TPSA) is 127 Å².